The summed E-state index contributed by atoms with van der Waals surface area (Å²) in [6, 6.07) is 17.5. The summed E-state index contributed by atoms with van der Waals surface area (Å²) in [4.78, 5) is 0.405. The van der Waals surface area contributed by atoms with Gasteiger partial charge in [-0.25, -0.2) is 4.57 Å². The highest BCUT2D eigenvalue weighted by atomic mass is 79.9. The van der Waals surface area contributed by atoms with E-state index in [0.29, 0.717) is 16.4 Å². The molecule has 2 aromatic carbocycles. The highest BCUT2D eigenvalue weighted by Gasteiger charge is 2.31. The lowest BCUT2D eigenvalue weighted by Crippen LogP contribution is -2.21. The van der Waals surface area contributed by atoms with Crippen molar-refractivity contribution >= 4 is 29.9 Å². The van der Waals surface area contributed by atoms with Crippen molar-refractivity contribution in [3.63, 3.8) is 0 Å². The number of halogens is 1. The minimum atomic E-state index is -3.72. The summed E-state index contributed by atoms with van der Waals surface area (Å²) in [5.74, 6) is 2.13. The van der Waals surface area contributed by atoms with Crippen LogP contribution >= 0.6 is 22.4 Å². The van der Waals surface area contributed by atoms with Gasteiger partial charge in [-0.05, 0) is 38.7 Å². The zero-order chi connectivity index (χ0) is 17.9. The van der Waals surface area contributed by atoms with Gasteiger partial charge in [-0.1, -0.05) is 36.4 Å². The van der Waals surface area contributed by atoms with Gasteiger partial charge in [0, 0.05) is 32.2 Å². The lowest BCUT2D eigenvalue weighted by Gasteiger charge is -2.28. The maximum absolute atomic E-state index is 13.3. The Kier molecular flexibility index (Phi) is 5.43. The molecule has 0 radical (unpaired) electrons. The normalized spacial score (nSPS) is 14.5. The Bertz CT molecular complexity index is 787. The molecule has 130 valence electrons. The number of rotatable bonds is 6. The van der Waals surface area contributed by atoms with Crippen molar-refractivity contribution in [2.75, 3.05) is 12.5 Å². The van der Waals surface area contributed by atoms with Crippen LogP contribution in [0.5, 0.6) is 11.5 Å². The Balaban J connectivity index is 2.43. The SMILES string of the molecule is C/C(=C\P(=O)(Oc1ccccc1)Oc1ccccc1)S(C)(C)(=O)Br. The van der Waals surface area contributed by atoms with Gasteiger partial charge >= 0.3 is 7.60 Å². The molecule has 0 N–H and O–H groups in total. The zero-order valence-electron chi connectivity index (χ0n) is 13.7. The third-order valence-electron chi connectivity index (χ3n) is 3.19. The number of benzene rings is 2. The van der Waals surface area contributed by atoms with Gasteiger partial charge in [0.2, 0.25) is 0 Å². The molecule has 0 saturated carbocycles. The van der Waals surface area contributed by atoms with Crippen molar-refractivity contribution in [3.05, 3.63) is 71.4 Å². The molecule has 0 heterocycles. The third-order valence-corrected chi connectivity index (χ3v) is 8.44. The Labute approximate surface area is 150 Å². The second-order valence-electron chi connectivity index (χ2n) is 5.77. The fraction of sp³-hybridized carbons (Fsp3) is 0.176. The lowest BCUT2D eigenvalue weighted by atomic mass is 10.3. The van der Waals surface area contributed by atoms with E-state index >= 15 is 0 Å². The van der Waals surface area contributed by atoms with Crippen LogP contribution in [-0.4, -0.2) is 16.7 Å². The first-order chi connectivity index (χ1) is 11.0. The van der Waals surface area contributed by atoms with Crippen LogP contribution in [0.25, 0.3) is 0 Å². The topological polar surface area (TPSA) is 52.6 Å². The Morgan fingerprint density at radius 1 is 0.958 bits per heavy atom. The van der Waals surface area contributed by atoms with Crippen molar-refractivity contribution in [1.29, 1.82) is 0 Å². The van der Waals surface area contributed by atoms with E-state index < -0.39 is 15.1 Å². The predicted octanol–water partition coefficient (Wildman–Crippen LogP) is 5.59. The molecule has 0 fully saturated rings. The summed E-state index contributed by atoms with van der Waals surface area (Å²) in [5.41, 5.74) is 0. The van der Waals surface area contributed by atoms with E-state index in [1.807, 2.05) is 12.1 Å². The first-order valence-electron chi connectivity index (χ1n) is 7.17. The summed E-state index contributed by atoms with van der Waals surface area (Å²) >= 11 is 3.22. The van der Waals surface area contributed by atoms with Gasteiger partial charge in [0.1, 0.15) is 11.5 Å². The fourth-order valence-electron chi connectivity index (χ4n) is 1.70. The van der Waals surface area contributed by atoms with Crippen LogP contribution < -0.4 is 9.05 Å². The first kappa shape index (κ1) is 19.0. The summed E-state index contributed by atoms with van der Waals surface area (Å²) in [7, 11) is -6.95. The maximum Gasteiger partial charge on any atom is 0.456 e. The standard InChI is InChI=1S/C17H20BrO4PS/c1-15(24(2,3,18)20)14-23(19,21-16-10-6-4-7-11-16)22-17-12-8-5-9-13-17/h4-14H,1-3H3/b15-14+. The van der Waals surface area contributed by atoms with E-state index in [2.05, 4.69) is 14.8 Å². The van der Waals surface area contributed by atoms with Crippen LogP contribution in [0.1, 0.15) is 6.92 Å². The second-order valence-corrected chi connectivity index (χ2v) is 17.1. The molecule has 2 aromatic rings. The van der Waals surface area contributed by atoms with Crippen LogP contribution in [0, 0.1) is 0 Å². The van der Waals surface area contributed by atoms with Gasteiger partial charge in [0.25, 0.3) is 0 Å². The minimum Gasteiger partial charge on any atom is -0.413 e. The molecule has 0 saturated heterocycles. The molecule has 0 atom stereocenters. The molecule has 4 nitrogen and oxygen atoms in total. The fourth-order valence-corrected chi connectivity index (χ4v) is 5.43. The molecule has 24 heavy (non-hydrogen) atoms. The van der Waals surface area contributed by atoms with Gasteiger partial charge in [0.15, 0.2) is 0 Å². The van der Waals surface area contributed by atoms with E-state index in [1.54, 1.807) is 68.0 Å². The highest BCUT2D eigenvalue weighted by molar-refractivity contribution is 9.54. The summed E-state index contributed by atoms with van der Waals surface area (Å²) in [5, 5.41) is 0. The van der Waals surface area contributed by atoms with E-state index in [1.165, 1.54) is 5.82 Å². The van der Waals surface area contributed by atoms with Gasteiger partial charge in [-0.15, -0.1) is 0 Å². The monoisotopic (exact) mass is 430 g/mol. The number of para-hydroxylation sites is 2. The smallest absolute Gasteiger partial charge is 0.413 e. The first-order valence-corrected chi connectivity index (χ1v) is 13.4. The van der Waals surface area contributed by atoms with E-state index in [0.717, 1.165) is 0 Å². The van der Waals surface area contributed by atoms with Gasteiger partial charge < -0.3 is 9.05 Å². The quantitative estimate of drug-likeness (QED) is 0.442. The summed E-state index contributed by atoms with van der Waals surface area (Å²) < 4.78 is 37.2. The van der Waals surface area contributed by atoms with Crippen molar-refractivity contribution in [2.24, 2.45) is 0 Å². The van der Waals surface area contributed by atoms with Gasteiger partial charge in [0.05, 0.1) is 5.82 Å². The number of hydrogen-bond donors (Lipinski definition) is 0. The molecular formula is C17H20BrO4PS. The summed E-state index contributed by atoms with van der Waals surface area (Å²) in [6.45, 7) is 1.64. The average Bonchev–Trinajstić information content (AvgIpc) is 2.47. The molecule has 2 rings (SSSR count). The van der Waals surface area contributed by atoms with Crippen LogP contribution in [0.2, 0.25) is 0 Å². The van der Waals surface area contributed by atoms with E-state index in [4.69, 9.17) is 9.05 Å². The molecule has 0 amide bonds. The molecule has 0 aliphatic heterocycles. The highest BCUT2D eigenvalue weighted by Crippen LogP contribution is 2.53. The van der Waals surface area contributed by atoms with Crippen molar-refractivity contribution < 1.29 is 17.8 Å². The number of hydrogen-bond acceptors (Lipinski definition) is 4. The number of allylic oxidation sites excluding steroid dienone is 1. The van der Waals surface area contributed by atoms with Crippen LogP contribution in [0.3, 0.4) is 0 Å². The molecular weight excluding hydrogens is 411 g/mol. The second kappa shape index (κ2) is 6.87. The molecule has 0 aliphatic rings. The molecule has 0 aromatic heterocycles. The maximum atomic E-state index is 13.3. The summed E-state index contributed by atoms with van der Waals surface area (Å²) in [6.07, 6.45) is 3.11. The minimum absolute atomic E-state index is 0.405. The largest absolute Gasteiger partial charge is 0.456 e. The molecule has 0 unspecified atom stereocenters. The van der Waals surface area contributed by atoms with Gasteiger partial charge in [-0.3, -0.25) is 4.21 Å². The Hall–Kier alpha value is -1.36. The van der Waals surface area contributed by atoms with Crippen LogP contribution in [0.4, 0.5) is 0 Å². The Morgan fingerprint density at radius 2 is 1.33 bits per heavy atom. The van der Waals surface area contributed by atoms with E-state index in [9.17, 15) is 8.77 Å². The van der Waals surface area contributed by atoms with Crippen molar-refractivity contribution in [3.8, 4) is 11.5 Å². The van der Waals surface area contributed by atoms with Crippen LogP contribution in [-0.2, 0) is 12.1 Å². The molecule has 0 bridgehead atoms. The van der Waals surface area contributed by atoms with E-state index in [-0.39, 0.29) is 0 Å². The zero-order valence-corrected chi connectivity index (χ0v) is 17.0. The van der Waals surface area contributed by atoms with Gasteiger partial charge in [-0.2, -0.15) is 0 Å². The molecule has 7 heteroatoms. The predicted molar refractivity (Wildman–Crippen MR) is 104 cm³/mol. The van der Waals surface area contributed by atoms with Crippen LogP contribution in [0.15, 0.2) is 71.4 Å². The Morgan fingerprint density at radius 3 is 1.67 bits per heavy atom. The van der Waals surface area contributed by atoms with Crippen molar-refractivity contribution in [1.82, 2.24) is 0 Å². The third kappa shape index (κ3) is 5.62. The van der Waals surface area contributed by atoms with Crippen molar-refractivity contribution in [2.45, 2.75) is 6.92 Å². The lowest BCUT2D eigenvalue weighted by molar-refractivity contribution is 0.398. The molecule has 0 aliphatic carbocycles. The molecule has 0 spiro atoms. The average molecular weight is 431 g/mol.